The lowest BCUT2D eigenvalue weighted by molar-refractivity contribution is -0.138. The van der Waals surface area contributed by atoms with E-state index in [1.54, 1.807) is 0 Å². The van der Waals surface area contributed by atoms with Crippen molar-refractivity contribution in [3.63, 3.8) is 0 Å². The molecule has 0 aliphatic carbocycles. The highest BCUT2D eigenvalue weighted by atomic mass is 79.9. The van der Waals surface area contributed by atoms with Crippen LogP contribution in [0.3, 0.4) is 0 Å². The van der Waals surface area contributed by atoms with E-state index in [1.807, 2.05) is 17.5 Å². The van der Waals surface area contributed by atoms with Crippen molar-refractivity contribution in [2.45, 2.75) is 12.7 Å². The smallest absolute Gasteiger partial charge is 0.376 e. The summed E-state index contributed by atoms with van der Waals surface area (Å²) >= 11 is 4.37. The molecule has 2 heterocycles. The second kappa shape index (κ2) is 6.32. The van der Waals surface area contributed by atoms with Crippen molar-refractivity contribution in [2.24, 2.45) is 0 Å². The van der Waals surface area contributed by atoms with Gasteiger partial charge in [0.25, 0.3) is 0 Å². The topological polar surface area (TPSA) is 51.0 Å². The first kappa shape index (κ1) is 16.0. The first-order valence-corrected chi connectivity index (χ1v) is 8.08. The molecule has 0 aliphatic rings. The highest BCUT2D eigenvalue weighted by Gasteiger charge is 2.33. The molecule has 0 spiro atoms. The molecular weight excluding hydrogens is 395 g/mol. The van der Waals surface area contributed by atoms with E-state index < -0.39 is 11.7 Å². The maximum atomic E-state index is 12.9. The van der Waals surface area contributed by atoms with Gasteiger partial charge in [-0.3, -0.25) is 0 Å². The molecule has 0 saturated heterocycles. The molecule has 0 unspecified atom stereocenters. The Bertz CT molecular complexity index is 802. The average molecular weight is 404 g/mol. The highest BCUT2D eigenvalue weighted by molar-refractivity contribution is 9.10. The maximum absolute atomic E-state index is 12.9. The van der Waals surface area contributed by atoms with E-state index in [0.717, 1.165) is 10.9 Å². The predicted molar refractivity (Wildman–Crippen MR) is 84.1 cm³/mol. The third-order valence-corrected chi connectivity index (χ3v) is 4.48. The van der Waals surface area contributed by atoms with Gasteiger partial charge in [0.1, 0.15) is 0 Å². The van der Waals surface area contributed by atoms with E-state index >= 15 is 0 Å². The molecule has 0 saturated carbocycles. The minimum absolute atomic E-state index is 0.00618. The van der Waals surface area contributed by atoms with Crippen molar-refractivity contribution in [3.8, 4) is 10.7 Å². The summed E-state index contributed by atoms with van der Waals surface area (Å²) < 4.78 is 43.6. The zero-order valence-electron chi connectivity index (χ0n) is 11.4. The lowest BCUT2D eigenvalue weighted by atomic mass is 10.2. The van der Waals surface area contributed by atoms with Gasteiger partial charge in [-0.25, -0.2) is 0 Å². The fraction of sp³-hybridized carbons (Fsp3) is 0.143. The molecule has 1 N–H and O–H groups in total. The monoisotopic (exact) mass is 403 g/mol. The summed E-state index contributed by atoms with van der Waals surface area (Å²) in [4.78, 5) is 5.06. The van der Waals surface area contributed by atoms with E-state index in [9.17, 15) is 13.2 Å². The number of nitrogens with zero attached hydrogens (tertiary/aromatic N) is 2. The van der Waals surface area contributed by atoms with Crippen molar-refractivity contribution in [1.82, 2.24) is 10.1 Å². The first-order chi connectivity index (χ1) is 10.9. The highest BCUT2D eigenvalue weighted by Crippen LogP contribution is 2.36. The van der Waals surface area contributed by atoms with E-state index in [1.165, 1.54) is 23.5 Å². The number of rotatable bonds is 4. The van der Waals surface area contributed by atoms with Crippen molar-refractivity contribution in [1.29, 1.82) is 0 Å². The Balaban J connectivity index is 1.72. The van der Waals surface area contributed by atoms with Gasteiger partial charge in [-0.2, -0.15) is 18.2 Å². The molecule has 0 fully saturated rings. The van der Waals surface area contributed by atoms with Gasteiger partial charge in [0.2, 0.25) is 11.7 Å². The van der Waals surface area contributed by atoms with Crippen LogP contribution < -0.4 is 5.32 Å². The lowest BCUT2D eigenvalue weighted by Gasteiger charge is -2.11. The van der Waals surface area contributed by atoms with Gasteiger partial charge < -0.3 is 9.84 Å². The Labute approximate surface area is 141 Å². The Morgan fingerprint density at radius 1 is 1.26 bits per heavy atom. The van der Waals surface area contributed by atoms with Crippen molar-refractivity contribution < 1.29 is 17.7 Å². The number of hydrogen-bond acceptors (Lipinski definition) is 5. The summed E-state index contributed by atoms with van der Waals surface area (Å²) in [5.41, 5.74) is -0.427. The summed E-state index contributed by atoms with van der Waals surface area (Å²) in [7, 11) is 0. The van der Waals surface area contributed by atoms with Gasteiger partial charge in [-0.1, -0.05) is 27.2 Å². The molecule has 0 amide bonds. The van der Waals surface area contributed by atoms with E-state index in [4.69, 9.17) is 4.52 Å². The zero-order chi connectivity index (χ0) is 16.4. The largest absolute Gasteiger partial charge is 0.417 e. The second-order valence-electron chi connectivity index (χ2n) is 4.53. The Morgan fingerprint density at radius 3 is 2.78 bits per heavy atom. The van der Waals surface area contributed by atoms with Crippen molar-refractivity contribution in [3.05, 3.63) is 51.6 Å². The van der Waals surface area contributed by atoms with Crippen molar-refractivity contribution >= 4 is 33.0 Å². The normalized spacial score (nSPS) is 11.7. The van der Waals surface area contributed by atoms with Crippen LogP contribution in [0, 0.1) is 0 Å². The zero-order valence-corrected chi connectivity index (χ0v) is 13.8. The fourth-order valence-electron chi connectivity index (χ4n) is 1.86. The number of hydrogen-bond donors (Lipinski definition) is 1. The predicted octanol–water partition coefficient (Wildman–Crippen LogP) is 5.19. The molecule has 2 aromatic heterocycles. The SMILES string of the molecule is FC(F)(F)c1cc(NCc2nc(-c3cccs3)no2)ccc1Br. The maximum Gasteiger partial charge on any atom is 0.417 e. The second-order valence-corrected chi connectivity index (χ2v) is 6.34. The molecule has 3 rings (SSSR count). The van der Waals surface area contributed by atoms with Crippen LogP contribution in [0.25, 0.3) is 10.7 Å². The third kappa shape index (κ3) is 3.73. The van der Waals surface area contributed by atoms with Crippen molar-refractivity contribution in [2.75, 3.05) is 5.32 Å². The van der Waals surface area contributed by atoms with Gasteiger partial charge in [0, 0.05) is 10.2 Å². The summed E-state index contributed by atoms with van der Waals surface area (Å²) in [6, 6.07) is 7.64. The Kier molecular flexibility index (Phi) is 4.40. The Morgan fingerprint density at radius 2 is 2.09 bits per heavy atom. The van der Waals surface area contributed by atoms with Gasteiger partial charge in [0.15, 0.2) is 0 Å². The molecule has 0 radical (unpaired) electrons. The Hall–Kier alpha value is -1.87. The first-order valence-electron chi connectivity index (χ1n) is 6.40. The third-order valence-electron chi connectivity index (χ3n) is 2.93. The van der Waals surface area contributed by atoms with Gasteiger partial charge in [-0.15, -0.1) is 11.3 Å². The van der Waals surface area contributed by atoms with Crippen LogP contribution in [-0.4, -0.2) is 10.1 Å². The number of aromatic nitrogens is 2. The van der Waals surface area contributed by atoms with Crippen LogP contribution in [0.1, 0.15) is 11.5 Å². The van der Waals surface area contributed by atoms with Gasteiger partial charge >= 0.3 is 6.18 Å². The molecule has 120 valence electrons. The number of nitrogens with one attached hydrogen (secondary N) is 1. The van der Waals surface area contributed by atoms with E-state index in [-0.39, 0.29) is 11.0 Å². The molecule has 3 aromatic rings. The van der Waals surface area contributed by atoms with Crippen LogP contribution >= 0.6 is 27.3 Å². The number of alkyl halides is 3. The molecule has 4 nitrogen and oxygen atoms in total. The van der Waals surface area contributed by atoms with E-state index in [2.05, 4.69) is 31.4 Å². The lowest BCUT2D eigenvalue weighted by Crippen LogP contribution is -2.07. The summed E-state index contributed by atoms with van der Waals surface area (Å²) in [6.07, 6.45) is -4.42. The van der Waals surface area contributed by atoms with Crippen LogP contribution in [0.5, 0.6) is 0 Å². The van der Waals surface area contributed by atoms with Gasteiger partial charge in [0.05, 0.1) is 17.0 Å². The molecule has 0 aliphatic heterocycles. The summed E-state index contributed by atoms with van der Waals surface area (Å²) in [6.45, 7) is 0.136. The van der Waals surface area contributed by atoms with Gasteiger partial charge in [-0.05, 0) is 29.6 Å². The molecule has 23 heavy (non-hydrogen) atoms. The number of benzene rings is 1. The van der Waals surface area contributed by atoms with E-state index in [0.29, 0.717) is 17.4 Å². The molecule has 0 bridgehead atoms. The van der Waals surface area contributed by atoms with Crippen LogP contribution in [0.2, 0.25) is 0 Å². The minimum atomic E-state index is -4.42. The number of thiophene rings is 1. The molecule has 9 heteroatoms. The summed E-state index contributed by atoms with van der Waals surface area (Å²) in [5, 5.41) is 8.58. The van der Waals surface area contributed by atoms with Crippen LogP contribution in [-0.2, 0) is 12.7 Å². The average Bonchev–Trinajstić information content (AvgIpc) is 3.16. The van der Waals surface area contributed by atoms with Crippen LogP contribution in [0.4, 0.5) is 18.9 Å². The quantitative estimate of drug-likeness (QED) is 0.650. The standard InChI is InChI=1S/C14H9BrF3N3OS/c15-10-4-3-8(6-9(10)14(16,17)18)19-7-12-20-13(21-22-12)11-2-1-5-23-11/h1-6,19H,7H2. The number of halogens is 4. The van der Waals surface area contributed by atoms with Crippen LogP contribution in [0.15, 0.2) is 44.7 Å². The summed E-state index contributed by atoms with van der Waals surface area (Å²) in [5.74, 6) is 0.758. The molecule has 1 aromatic carbocycles. The molecule has 0 atom stereocenters. The number of anilines is 1. The fourth-order valence-corrected chi connectivity index (χ4v) is 2.98. The molecular formula is C14H9BrF3N3OS. The minimum Gasteiger partial charge on any atom is -0.376 e.